The van der Waals surface area contributed by atoms with Crippen LogP contribution < -0.4 is 5.46 Å². The maximum Gasteiger partial charge on any atom is 0.489 e. The van der Waals surface area contributed by atoms with Crippen LogP contribution in [0.4, 0.5) is 0 Å². The molecule has 0 spiro atoms. The minimum atomic E-state index is -3.76. The highest BCUT2D eigenvalue weighted by Gasteiger charge is 2.28. The molecule has 0 aromatic heterocycles. The van der Waals surface area contributed by atoms with E-state index in [0.29, 0.717) is 0 Å². The van der Waals surface area contributed by atoms with Crippen LogP contribution in [-0.2, 0) is 10.0 Å². The van der Waals surface area contributed by atoms with Crippen molar-refractivity contribution in [3.8, 4) is 0 Å². The summed E-state index contributed by atoms with van der Waals surface area (Å²) < 4.78 is 26.2. The van der Waals surface area contributed by atoms with Crippen molar-refractivity contribution in [1.82, 2.24) is 4.31 Å². The predicted molar refractivity (Wildman–Crippen MR) is 80.3 cm³/mol. The molecular weight excluding hydrogens is 277 g/mol. The monoisotopic (exact) mass is 297 g/mol. The smallest absolute Gasteiger partial charge is 0.423 e. The SMILES string of the molecule is C/C=C(\C)CN(C)S(=O)(=O)c1ccc(C)cc1B(O)O. The standard InChI is InChI=1S/C13H20BNO4S/c1-5-10(2)9-15(4)20(18,19)13-7-6-11(3)8-12(13)14(16)17/h5-8,16-17H,9H2,1-4H3/b10-5+. The van der Waals surface area contributed by atoms with E-state index in [4.69, 9.17) is 0 Å². The molecule has 2 N–H and O–H groups in total. The zero-order valence-electron chi connectivity index (χ0n) is 12.2. The summed E-state index contributed by atoms with van der Waals surface area (Å²) in [5.41, 5.74) is 1.67. The van der Waals surface area contributed by atoms with Gasteiger partial charge < -0.3 is 10.0 Å². The second kappa shape index (κ2) is 6.54. The van der Waals surface area contributed by atoms with Gasteiger partial charge in [-0.1, -0.05) is 29.3 Å². The van der Waals surface area contributed by atoms with E-state index in [0.717, 1.165) is 11.1 Å². The Hall–Kier alpha value is -1.15. The Morgan fingerprint density at radius 1 is 1.40 bits per heavy atom. The molecule has 0 fully saturated rings. The number of sulfonamides is 1. The predicted octanol–water partition coefficient (Wildman–Crippen LogP) is 0.262. The first-order valence-corrected chi connectivity index (χ1v) is 7.69. The van der Waals surface area contributed by atoms with Gasteiger partial charge in [0.15, 0.2) is 0 Å². The molecule has 0 saturated carbocycles. The number of hydrogen-bond donors (Lipinski definition) is 2. The lowest BCUT2D eigenvalue weighted by Crippen LogP contribution is -2.39. The largest absolute Gasteiger partial charge is 0.489 e. The zero-order chi connectivity index (χ0) is 15.5. The molecule has 0 amide bonds. The van der Waals surface area contributed by atoms with E-state index >= 15 is 0 Å². The van der Waals surface area contributed by atoms with Gasteiger partial charge in [-0.25, -0.2) is 8.42 Å². The number of likely N-dealkylation sites (N-methyl/N-ethyl adjacent to an activating group) is 1. The van der Waals surface area contributed by atoms with Gasteiger partial charge in [-0.05, 0) is 26.8 Å². The Bertz CT molecular complexity index is 611. The third-order valence-electron chi connectivity index (χ3n) is 3.10. The minimum absolute atomic E-state index is 0.00465. The first-order chi connectivity index (χ1) is 9.20. The molecule has 1 aromatic carbocycles. The van der Waals surface area contributed by atoms with E-state index in [9.17, 15) is 18.5 Å². The number of aryl methyl sites for hydroxylation is 1. The van der Waals surface area contributed by atoms with Gasteiger partial charge >= 0.3 is 7.12 Å². The van der Waals surface area contributed by atoms with Crippen molar-refractivity contribution in [3.05, 3.63) is 35.4 Å². The minimum Gasteiger partial charge on any atom is -0.423 e. The summed E-state index contributed by atoms with van der Waals surface area (Å²) >= 11 is 0. The van der Waals surface area contributed by atoms with Crippen LogP contribution in [0.15, 0.2) is 34.7 Å². The third-order valence-corrected chi connectivity index (χ3v) is 4.97. The van der Waals surface area contributed by atoms with Crippen molar-refractivity contribution in [1.29, 1.82) is 0 Å². The van der Waals surface area contributed by atoms with Crippen LogP contribution >= 0.6 is 0 Å². The summed E-state index contributed by atoms with van der Waals surface area (Å²) in [5, 5.41) is 18.7. The number of nitrogens with zero attached hydrogens (tertiary/aromatic N) is 1. The van der Waals surface area contributed by atoms with Crippen molar-refractivity contribution < 1.29 is 18.5 Å². The van der Waals surface area contributed by atoms with Crippen LogP contribution in [-0.4, -0.2) is 43.5 Å². The number of benzene rings is 1. The van der Waals surface area contributed by atoms with E-state index in [1.807, 2.05) is 19.9 Å². The van der Waals surface area contributed by atoms with E-state index in [1.165, 1.54) is 23.5 Å². The van der Waals surface area contributed by atoms with Gasteiger partial charge in [0.05, 0.1) is 4.90 Å². The molecule has 7 heteroatoms. The fraction of sp³-hybridized carbons (Fsp3) is 0.385. The highest BCUT2D eigenvalue weighted by atomic mass is 32.2. The summed E-state index contributed by atoms with van der Waals surface area (Å²) in [7, 11) is -4.12. The number of hydrogen-bond acceptors (Lipinski definition) is 4. The van der Waals surface area contributed by atoms with Gasteiger partial charge in [0.2, 0.25) is 10.0 Å². The molecule has 0 radical (unpaired) electrons. The fourth-order valence-electron chi connectivity index (χ4n) is 1.80. The van der Waals surface area contributed by atoms with Gasteiger partial charge in [-0.3, -0.25) is 0 Å². The van der Waals surface area contributed by atoms with Gasteiger partial charge in [0.25, 0.3) is 0 Å². The van der Waals surface area contributed by atoms with Crippen molar-refractivity contribution in [2.75, 3.05) is 13.6 Å². The van der Waals surface area contributed by atoms with E-state index in [2.05, 4.69) is 0 Å². The fourth-order valence-corrected chi connectivity index (χ4v) is 3.21. The topological polar surface area (TPSA) is 77.8 Å². The van der Waals surface area contributed by atoms with Crippen LogP contribution in [0.5, 0.6) is 0 Å². The van der Waals surface area contributed by atoms with Gasteiger partial charge in [0.1, 0.15) is 0 Å². The van der Waals surface area contributed by atoms with Crippen molar-refractivity contribution in [3.63, 3.8) is 0 Å². The molecule has 1 aromatic rings. The summed E-state index contributed by atoms with van der Waals surface area (Å²) in [6.07, 6.45) is 1.84. The van der Waals surface area contributed by atoms with Crippen molar-refractivity contribution >= 4 is 22.6 Å². The molecule has 0 heterocycles. The maximum atomic E-state index is 12.5. The number of allylic oxidation sites excluding steroid dienone is 1. The summed E-state index contributed by atoms with van der Waals surface area (Å²) in [6.45, 7) is 5.69. The lowest BCUT2D eigenvalue weighted by Gasteiger charge is -2.20. The van der Waals surface area contributed by atoms with Crippen LogP contribution in [0, 0.1) is 6.92 Å². The zero-order valence-corrected chi connectivity index (χ0v) is 13.0. The Kier molecular flexibility index (Phi) is 5.53. The van der Waals surface area contributed by atoms with Crippen LogP contribution in [0.2, 0.25) is 0 Å². The summed E-state index contributed by atoms with van der Waals surface area (Å²) in [5.74, 6) is 0. The van der Waals surface area contributed by atoms with Crippen LogP contribution in [0.1, 0.15) is 19.4 Å². The van der Waals surface area contributed by atoms with E-state index < -0.39 is 17.1 Å². The summed E-state index contributed by atoms with van der Waals surface area (Å²) in [4.78, 5) is -0.0792. The molecule has 0 atom stereocenters. The highest BCUT2D eigenvalue weighted by molar-refractivity contribution is 7.89. The van der Waals surface area contributed by atoms with Crippen molar-refractivity contribution in [2.24, 2.45) is 0 Å². The van der Waals surface area contributed by atoms with Gasteiger partial charge in [-0.15, -0.1) is 0 Å². The Labute approximate surface area is 120 Å². The van der Waals surface area contributed by atoms with Crippen LogP contribution in [0.3, 0.4) is 0 Å². The molecule has 0 saturated heterocycles. The summed E-state index contributed by atoms with van der Waals surface area (Å²) in [6, 6.07) is 4.50. The molecule has 0 bridgehead atoms. The maximum absolute atomic E-state index is 12.5. The third kappa shape index (κ3) is 3.70. The normalized spacial score (nSPS) is 12.8. The lowest BCUT2D eigenvalue weighted by atomic mass is 9.79. The Morgan fingerprint density at radius 2 is 2.00 bits per heavy atom. The van der Waals surface area contributed by atoms with Gasteiger partial charge in [-0.2, -0.15) is 4.31 Å². The van der Waals surface area contributed by atoms with Crippen molar-refractivity contribution in [2.45, 2.75) is 25.7 Å². The second-order valence-electron chi connectivity index (χ2n) is 4.81. The molecule has 0 aliphatic rings. The Morgan fingerprint density at radius 3 is 2.50 bits per heavy atom. The second-order valence-corrected chi connectivity index (χ2v) is 6.82. The Balaban J connectivity index is 3.28. The molecule has 0 unspecified atom stereocenters. The molecular formula is C13H20BNO4S. The molecule has 5 nitrogen and oxygen atoms in total. The first-order valence-electron chi connectivity index (χ1n) is 6.25. The molecule has 0 aliphatic carbocycles. The van der Waals surface area contributed by atoms with E-state index in [1.54, 1.807) is 13.0 Å². The molecule has 1 rings (SSSR count). The first kappa shape index (κ1) is 16.9. The quantitative estimate of drug-likeness (QED) is 0.604. The van der Waals surface area contributed by atoms with Gasteiger partial charge in [0, 0.05) is 19.1 Å². The molecule has 110 valence electrons. The van der Waals surface area contributed by atoms with E-state index in [-0.39, 0.29) is 16.9 Å². The van der Waals surface area contributed by atoms with Crippen LogP contribution in [0.25, 0.3) is 0 Å². The average molecular weight is 297 g/mol. The molecule has 0 aliphatic heterocycles. The lowest BCUT2D eigenvalue weighted by molar-refractivity contribution is 0.424. The number of rotatable bonds is 5. The molecule has 20 heavy (non-hydrogen) atoms. The highest BCUT2D eigenvalue weighted by Crippen LogP contribution is 2.15. The average Bonchev–Trinajstić information content (AvgIpc) is 2.37.